The van der Waals surface area contributed by atoms with E-state index in [1.165, 1.54) is 0 Å². The van der Waals surface area contributed by atoms with Crippen molar-refractivity contribution in [3.05, 3.63) is 42.7 Å². The Bertz CT molecular complexity index is 817. The number of piperazine rings is 1. The predicted octanol–water partition coefficient (Wildman–Crippen LogP) is 1.92. The minimum atomic E-state index is 0.116. The molecule has 0 radical (unpaired) electrons. The molecule has 1 amide bonds. The topological polar surface area (TPSA) is 71.0 Å². The molecule has 2 aliphatic rings. The fourth-order valence-corrected chi connectivity index (χ4v) is 4.20. The molecule has 1 aromatic carbocycles. The smallest absolute Gasteiger partial charge is 0.225 e. The molecule has 8 nitrogen and oxygen atoms in total. The van der Waals surface area contributed by atoms with Gasteiger partial charge in [-0.3, -0.25) is 9.69 Å². The van der Waals surface area contributed by atoms with Gasteiger partial charge in [-0.15, -0.1) is 0 Å². The van der Waals surface area contributed by atoms with Crippen LogP contribution in [0.4, 0.5) is 5.95 Å². The van der Waals surface area contributed by atoms with E-state index in [9.17, 15) is 4.79 Å². The first-order chi connectivity index (χ1) is 15.2. The summed E-state index contributed by atoms with van der Waals surface area (Å²) in [7, 11) is 1.66. The van der Waals surface area contributed by atoms with Crippen molar-refractivity contribution in [1.29, 1.82) is 0 Å². The van der Waals surface area contributed by atoms with E-state index >= 15 is 0 Å². The Hall–Kier alpha value is -2.87. The molecule has 3 heterocycles. The zero-order chi connectivity index (χ0) is 21.5. The van der Waals surface area contributed by atoms with Gasteiger partial charge in [-0.1, -0.05) is 0 Å². The average molecular weight is 426 g/mol. The molecule has 166 valence electrons. The number of nitrogens with zero attached hydrogens (tertiary/aromatic N) is 5. The van der Waals surface area contributed by atoms with Crippen LogP contribution in [0.2, 0.25) is 0 Å². The Balaban J connectivity index is 1.15. The van der Waals surface area contributed by atoms with Crippen molar-refractivity contribution in [2.24, 2.45) is 5.92 Å². The van der Waals surface area contributed by atoms with Gasteiger partial charge >= 0.3 is 0 Å². The van der Waals surface area contributed by atoms with Crippen molar-refractivity contribution in [3.63, 3.8) is 0 Å². The van der Waals surface area contributed by atoms with Crippen LogP contribution in [0.5, 0.6) is 11.5 Å². The van der Waals surface area contributed by atoms with E-state index in [1.807, 2.05) is 35.2 Å². The fraction of sp³-hybridized carbons (Fsp3) is 0.522. The first-order valence-electron chi connectivity index (χ1n) is 11.0. The third-order valence-electron chi connectivity index (χ3n) is 6.10. The van der Waals surface area contributed by atoms with Crippen LogP contribution >= 0.6 is 0 Å². The van der Waals surface area contributed by atoms with Gasteiger partial charge in [0.25, 0.3) is 0 Å². The molecular formula is C23H31N5O3. The van der Waals surface area contributed by atoms with E-state index in [0.717, 1.165) is 76.1 Å². The first kappa shape index (κ1) is 21.4. The highest BCUT2D eigenvalue weighted by Gasteiger charge is 2.30. The molecule has 2 aromatic rings. The molecule has 0 atom stereocenters. The number of aromatic nitrogens is 2. The van der Waals surface area contributed by atoms with Crippen LogP contribution in [0.25, 0.3) is 0 Å². The third kappa shape index (κ3) is 5.64. The summed E-state index contributed by atoms with van der Waals surface area (Å²) in [5.74, 6) is 2.86. The monoisotopic (exact) mass is 425 g/mol. The van der Waals surface area contributed by atoms with Gasteiger partial charge in [0.05, 0.1) is 7.11 Å². The fourth-order valence-electron chi connectivity index (χ4n) is 4.20. The first-order valence-corrected chi connectivity index (χ1v) is 11.0. The quantitative estimate of drug-likeness (QED) is 0.671. The van der Waals surface area contributed by atoms with E-state index in [-0.39, 0.29) is 5.92 Å². The van der Waals surface area contributed by atoms with Crippen molar-refractivity contribution < 1.29 is 14.3 Å². The Morgan fingerprint density at radius 3 is 2.26 bits per heavy atom. The van der Waals surface area contributed by atoms with Gasteiger partial charge in [0.2, 0.25) is 11.9 Å². The van der Waals surface area contributed by atoms with E-state index in [0.29, 0.717) is 12.5 Å². The lowest BCUT2D eigenvalue weighted by Crippen LogP contribution is -2.52. The van der Waals surface area contributed by atoms with Gasteiger partial charge in [-0.25, -0.2) is 9.97 Å². The zero-order valence-corrected chi connectivity index (χ0v) is 18.2. The molecule has 0 spiro atoms. The van der Waals surface area contributed by atoms with Crippen LogP contribution in [0.1, 0.15) is 12.8 Å². The summed E-state index contributed by atoms with van der Waals surface area (Å²) in [4.78, 5) is 28.2. The van der Waals surface area contributed by atoms with E-state index in [1.54, 1.807) is 19.5 Å². The molecule has 0 N–H and O–H groups in total. The molecule has 1 aromatic heterocycles. The van der Waals surface area contributed by atoms with Crippen LogP contribution in [0.15, 0.2) is 42.7 Å². The Morgan fingerprint density at radius 1 is 0.968 bits per heavy atom. The molecule has 2 fully saturated rings. The lowest BCUT2D eigenvalue weighted by Gasteiger charge is -2.38. The summed E-state index contributed by atoms with van der Waals surface area (Å²) in [5, 5.41) is 0. The summed E-state index contributed by atoms with van der Waals surface area (Å²) in [5.41, 5.74) is 0. The maximum absolute atomic E-state index is 13.0. The molecule has 2 aliphatic heterocycles. The maximum atomic E-state index is 13.0. The Kier molecular flexibility index (Phi) is 7.19. The van der Waals surface area contributed by atoms with Gasteiger partial charge in [-0.05, 0) is 43.2 Å². The van der Waals surface area contributed by atoms with E-state index < -0.39 is 0 Å². The van der Waals surface area contributed by atoms with Crippen LogP contribution in [-0.4, -0.2) is 85.2 Å². The molecular weight excluding hydrogens is 394 g/mol. The highest BCUT2D eigenvalue weighted by atomic mass is 16.5. The molecule has 8 heteroatoms. The number of ether oxygens (including phenoxy) is 2. The van der Waals surface area contributed by atoms with Crippen molar-refractivity contribution in [1.82, 2.24) is 19.8 Å². The SMILES string of the molecule is COc1ccc(OCCN2CCN(C(=O)C3CCN(c4ncccn4)CC3)CC2)cc1. The number of piperidine rings is 1. The van der Waals surface area contributed by atoms with Gasteiger partial charge in [0, 0.05) is 64.1 Å². The van der Waals surface area contributed by atoms with Crippen molar-refractivity contribution in [2.45, 2.75) is 12.8 Å². The number of rotatable bonds is 7. The third-order valence-corrected chi connectivity index (χ3v) is 6.10. The van der Waals surface area contributed by atoms with Crippen molar-refractivity contribution in [3.8, 4) is 11.5 Å². The molecule has 0 bridgehead atoms. The van der Waals surface area contributed by atoms with Gasteiger partial charge in [0.15, 0.2) is 0 Å². The lowest BCUT2D eigenvalue weighted by molar-refractivity contribution is -0.138. The normalized spacial score (nSPS) is 18.1. The number of benzene rings is 1. The highest BCUT2D eigenvalue weighted by Crippen LogP contribution is 2.23. The molecule has 0 aliphatic carbocycles. The Morgan fingerprint density at radius 2 is 1.61 bits per heavy atom. The lowest BCUT2D eigenvalue weighted by atomic mass is 9.95. The van der Waals surface area contributed by atoms with Crippen LogP contribution < -0.4 is 14.4 Å². The van der Waals surface area contributed by atoms with Crippen LogP contribution in [0.3, 0.4) is 0 Å². The van der Waals surface area contributed by atoms with E-state index in [4.69, 9.17) is 9.47 Å². The van der Waals surface area contributed by atoms with Crippen molar-refractivity contribution >= 4 is 11.9 Å². The average Bonchev–Trinajstić information content (AvgIpc) is 2.85. The predicted molar refractivity (Wildman–Crippen MR) is 118 cm³/mol. The number of carbonyl (C=O) groups excluding carboxylic acids is 1. The minimum Gasteiger partial charge on any atom is -0.497 e. The molecule has 0 saturated carbocycles. The number of amides is 1. The number of methoxy groups -OCH3 is 1. The van der Waals surface area contributed by atoms with Gasteiger partial charge < -0.3 is 19.3 Å². The molecule has 31 heavy (non-hydrogen) atoms. The van der Waals surface area contributed by atoms with Gasteiger partial charge in [-0.2, -0.15) is 0 Å². The van der Waals surface area contributed by atoms with Crippen molar-refractivity contribution in [2.75, 3.05) is 64.4 Å². The van der Waals surface area contributed by atoms with Crippen LogP contribution in [-0.2, 0) is 4.79 Å². The van der Waals surface area contributed by atoms with E-state index in [2.05, 4.69) is 19.8 Å². The second-order valence-electron chi connectivity index (χ2n) is 8.00. The van der Waals surface area contributed by atoms with Crippen LogP contribution in [0, 0.1) is 5.92 Å². The summed E-state index contributed by atoms with van der Waals surface area (Å²) in [6.07, 6.45) is 5.27. The summed E-state index contributed by atoms with van der Waals surface area (Å²) in [6.45, 7) is 6.56. The standard InChI is InChI=1S/C23H31N5O3/c1-30-20-3-5-21(6-4-20)31-18-17-26-13-15-27(16-14-26)22(29)19-7-11-28(12-8-19)23-24-9-2-10-25-23/h2-6,9-10,19H,7-8,11-18H2,1H3. The summed E-state index contributed by atoms with van der Waals surface area (Å²) in [6, 6.07) is 9.47. The minimum absolute atomic E-state index is 0.116. The number of carbonyl (C=O) groups is 1. The largest absolute Gasteiger partial charge is 0.497 e. The summed E-state index contributed by atoms with van der Waals surface area (Å²) >= 11 is 0. The number of hydrogen-bond acceptors (Lipinski definition) is 7. The molecule has 2 saturated heterocycles. The molecule has 0 unspecified atom stereocenters. The summed E-state index contributed by atoms with van der Waals surface area (Å²) < 4.78 is 11.0. The zero-order valence-electron chi connectivity index (χ0n) is 18.2. The Labute approximate surface area is 183 Å². The highest BCUT2D eigenvalue weighted by molar-refractivity contribution is 5.79. The molecule has 4 rings (SSSR count). The van der Waals surface area contributed by atoms with Gasteiger partial charge in [0.1, 0.15) is 18.1 Å². The number of anilines is 1. The maximum Gasteiger partial charge on any atom is 0.225 e. The number of hydrogen-bond donors (Lipinski definition) is 0. The second kappa shape index (κ2) is 10.4. The second-order valence-corrected chi connectivity index (χ2v) is 8.00.